The van der Waals surface area contributed by atoms with Crippen molar-refractivity contribution in [1.82, 2.24) is 4.90 Å². The molecule has 0 radical (unpaired) electrons. The van der Waals surface area contributed by atoms with Gasteiger partial charge in [-0.25, -0.2) is 4.39 Å². The van der Waals surface area contributed by atoms with E-state index in [-0.39, 0.29) is 16.5 Å². The van der Waals surface area contributed by atoms with Gasteiger partial charge in [0.1, 0.15) is 5.82 Å². The number of thiophene rings is 1. The van der Waals surface area contributed by atoms with Crippen LogP contribution < -0.4 is 0 Å². The van der Waals surface area contributed by atoms with Gasteiger partial charge < -0.3 is 9.64 Å². The highest BCUT2D eigenvalue weighted by molar-refractivity contribution is 7.10. The lowest BCUT2D eigenvalue weighted by Crippen LogP contribution is -2.48. The predicted molar refractivity (Wildman–Crippen MR) is 92.2 cm³/mol. The predicted octanol–water partition coefficient (Wildman–Crippen LogP) is 4.24. The van der Waals surface area contributed by atoms with Crippen molar-refractivity contribution in [3.63, 3.8) is 0 Å². The van der Waals surface area contributed by atoms with Crippen LogP contribution in [0, 0.1) is 5.82 Å². The largest absolute Gasteiger partial charge is 0.370 e. The lowest BCUT2D eigenvalue weighted by molar-refractivity contribution is -0.0926. The van der Waals surface area contributed by atoms with E-state index in [1.165, 1.54) is 28.6 Å². The lowest BCUT2D eigenvalue weighted by atomic mass is 9.82. The fourth-order valence-corrected chi connectivity index (χ4v) is 4.87. The number of hydrogen-bond acceptors (Lipinski definition) is 3. The Morgan fingerprint density at radius 1 is 1.29 bits per heavy atom. The van der Waals surface area contributed by atoms with Crippen molar-refractivity contribution in [3.8, 4) is 0 Å². The van der Waals surface area contributed by atoms with Crippen LogP contribution in [0.2, 0.25) is 5.02 Å². The van der Waals surface area contributed by atoms with E-state index in [0.29, 0.717) is 18.7 Å². The number of carbonyl (C=O) groups excluding carboxylic acids is 1. The maximum absolute atomic E-state index is 13.5. The van der Waals surface area contributed by atoms with Crippen LogP contribution in [-0.4, -0.2) is 30.5 Å². The molecule has 0 unspecified atom stereocenters. The Labute approximate surface area is 149 Å². The van der Waals surface area contributed by atoms with Crippen LogP contribution in [0.25, 0.3) is 0 Å². The van der Waals surface area contributed by atoms with Crippen LogP contribution in [0.15, 0.2) is 29.6 Å². The highest BCUT2D eigenvalue weighted by Gasteiger charge is 2.42. The van der Waals surface area contributed by atoms with Crippen molar-refractivity contribution in [2.24, 2.45) is 0 Å². The van der Waals surface area contributed by atoms with Gasteiger partial charge in [0, 0.05) is 35.0 Å². The summed E-state index contributed by atoms with van der Waals surface area (Å²) in [7, 11) is 0. The quantitative estimate of drug-likeness (QED) is 0.756. The van der Waals surface area contributed by atoms with E-state index < -0.39 is 5.82 Å². The number of halogens is 2. The molecule has 2 aromatic rings. The minimum atomic E-state index is -0.488. The zero-order valence-corrected chi connectivity index (χ0v) is 14.6. The van der Waals surface area contributed by atoms with E-state index in [2.05, 4.69) is 11.4 Å². The van der Waals surface area contributed by atoms with Crippen molar-refractivity contribution in [2.75, 3.05) is 19.7 Å². The molecule has 0 N–H and O–H groups in total. The van der Waals surface area contributed by atoms with Crippen molar-refractivity contribution < 1.29 is 13.9 Å². The van der Waals surface area contributed by atoms with Crippen molar-refractivity contribution in [2.45, 2.75) is 24.9 Å². The molecular formula is C18H17ClFNO2S. The standard InChI is InChI=1S/C18H17ClFNO2S/c19-13-9-12(10-14(20)11-13)17(22)21-5-3-18(4-6-21)15-2-8-24-16(15)1-7-23-18/h2,8-11H,1,3-7H2. The van der Waals surface area contributed by atoms with E-state index in [1.54, 1.807) is 16.2 Å². The molecule has 0 aliphatic carbocycles. The smallest absolute Gasteiger partial charge is 0.254 e. The zero-order valence-electron chi connectivity index (χ0n) is 13.1. The van der Waals surface area contributed by atoms with Gasteiger partial charge >= 0.3 is 0 Å². The second-order valence-electron chi connectivity index (χ2n) is 6.30. The summed E-state index contributed by atoms with van der Waals surface area (Å²) < 4.78 is 19.6. The molecule has 126 valence electrons. The van der Waals surface area contributed by atoms with E-state index >= 15 is 0 Å². The van der Waals surface area contributed by atoms with Crippen LogP contribution in [-0.2, 0) is 16.8 Å². The van der Waals surface area contributed by atoms with Gasteiger partial charge in [0.25, 0.3) is 5.91 Å². The first-order valence-electron chi connectivity index (χ1n) is 8.04. The molecule has 0 bridgehead atoms. The number of piperidine rings is 1. The number of hydrogen-bond donors (Lipinski definition) is 0. The van der Waals surface area contributed by atoms with Crippen LogP contribution >= 0.6 is 22.9 Å². The highest BCUT2D eigenvalue weighted by atomic mass is 35.5. The second-order valence-corrected chi connectivity index (χ2v) is 7.74. The van der Waals surface area contributed by atoms with Crippen LogP contribution in [0.1, 0.15) is 33.6 Å². The molecular weight excluding hydrogens is 349 g/mol. The van der Waals surface area contributed by atoms with E-state index in [9.17, 15) is 9.18 Å². The maximum atomic E-state index is 13.5. The van der Waals surface area contributed by atoms with E-state index in [0.717, 1.165) is 25.9 Å². The maximum Gasteiger partial charge on any atom is 0.254 e. The topological polar surface area (TPSA) is 29.5 Å². The van der Waals surface area contributed by atoms with Gasteiger partial charge in [-0.3, -0.25) is 4.79 Å². The third-order valence-electron chi connectivity index (χ3n) is 4.91. The summed E-state index contributed by atoms with van der Waals surface area (Å²) in [5.41, 5.74) is 1.33. The Kier molecular flexibility index (Phi) is 4.11. The number of likely N-dealkylation sites (tertiary alicyclic amines) is 1. The molecule has 1 spiro atoms. The highest BCUT2D eigenvalue weighted by Crippen LogP contribution is 2.43. The molecule has 24 heavy (non-hydrogen) atoms. The lowest BCUT2D eigenvalue weighted by Gasteiger charge is -2.44. The molecule has 1 aromatic heterocycles. The third-order valence-corrected chi connectivity index (χ3v) is 6.11. The molecule has 1 aromatic carbocycles. The second kappa shape index (κ2) is 6.14. The summed E-state index contributed by atoms with van der Waals surface area (Å²) in [5, 5.41) is 2.36. The molecule has 6 heteroatoms. The Balaban J connectivity index is 1.52. The van der Waals surface area contributed by atoms with Gasteiger partial charge in [0.05, 0.1) is 12.2 Å². The summed E-state index contributed by atoms with van der Waals surface area (Å²) in [6.45, 7) is 1.94. The number of nitrogens with zero attached hydrogens (tertiary/aromatic N) is 1. The number of amides is 1. The summed E-state index contributed by atoms with van der Waals surface area (Å²) in [4.78, 5) is 15.8. The Hall–Kier alpha value is -1.43. The molecule has 1 saturated heterocycles. The van der Waals surface area contributed by atoms with Crippen LogP contribution in [0.4, 0.5) is 4.39 Å². The molecule has 0 atom stereocenters. The Bertz CT molecular complexity index is 763. The number of ether oxygens (including phenoxy) is 1. The molecule has 1 amide bonds. The summed E-state index contributed by atoms with van der Waals surface area (Å²) in [6, 6.07) is 6.12. The number of rotatable bonds is 1. The number of fused-ring (bicyclic) bond motifs is 2. The van der Waals surface area contributed by atoms with E-state index in [1.807, 2.05) is 0 Å². The molecule has 0 saturated carbocycles. The van der Waals surface area contributed by atoms with Gasteiger partial charge in [-0.2, -0.15) is 0 Å². The average molecular weight is 366 g/mol. The Morgan fingerprint density at radius 3 is 2.83 bits per heavy atom. The van der Waals surface area contributed by atoms with Gasteiger partial charge in [-0.15, -0.1) is 11.3 Å². The van der Waals surface area contributed by atoms with Crippen molar-refractivity contribution >= 4 is 28.8 Å². The minimum Gasteiger partial charge on any atom is -0.370 e. The summed E-state index contributed by atoms with van der Waals surface area (Å²) in [5.74, 6) is -0.662. The first kappa shape index (κ1) is 16.1. The molecule has 2 aliphatic rings. The van der Waals surface area contributed by atoms with Crippen LogP contribution in [0.5, 0.6) is 0 Å². The fourth-order valence-electron chi connectivity index (χ4n) is 3.70. The van der Waals surface area contributed by atoms with Gasteiger partial charge in [0.15, 0.2) is 0 Å². The number of benzene rings is 1. The normalized spacial score (nSPS) is 19.3. The van der Waals surface area contributed by atoms with Crippen molar-refractivity contribution in [3.05, 3.63) is 56.5 Å². The average Bonchev–Trinajstić information content (AvgIpc) is 3.04. The molecule has 3 nitrogen and oxygen atoms in total. The van der Waals surface area contributed by atoms with Gasteiger partial charge in [0.2, 0.25) is 0 Å². The minimum absolute atomic E-state index is 0.174. The molecule has 3 heterocycles. The summed E-state index contributed by atoms with van der Waals surface area (Å²) in [6.07, 6.45) is 2.51. The molecule has 2 aliphatic heterocycles. The summed E-state index contributed by atoms with van der Waals surface area (Å²) >= 11 is 7.65. The van der Waals surface area contributed by atoms with E-state index in [4.69, 9.17) is 16.3 Å². The van der Waals surface area contributed by atoms with Gasteiger partial charge in [-0.05, 0) is 48.1 Å². The fraction of sp³-hybridized carbons (Fsp3) is 0.389. The van der Waals surface area contributed by atoms with Crippen molar-refractivity contribution in [1.29, 1.82) is 0 Å². The van der Waals surface area contributed by atoms with Gasteiger partial charge in [-0.1, -0.05) is 11.6 Å². The third kappa shape index (κ3) is 2.75. The monoisotopic (exact) mass is 365 g/mol. The number of carbonyl (C=O) groups is 1. The SMILES string of the molecule is O=C(c1cc(F)cc(Cl)c1)N1CCC2(CC1)OCCc1sccc12. The molecule has 4 rings (SSSR count). The zero-order chi connectivity index (χ0) is 16.7. The molecule has 1 fully saturated rings. The first-order valence-corrected chi connectivity index (χ1v) is 9.29. The van der Waals surface area contributed by atoms with Crippen LogP contribution in [0.3, 0.4) is 0 Å². The Morgan fingerprint density at radius 2 is 2.08 bits per heavy atom. The first-order chi connectivity index (χ1) is 11.6.